The number of carbonyl (C=O) groups is 1. The fraction of sp³-hybridized carbons (Fsp3) is 0.130. The number of hydrogen-bond acceptors (Lipinski definition) is 6. The molecule has 0 aliphatic carbocycles. The van der Waals surface area contributed by atoms with E-state index in [2.05, 4.69) is 15.2 Å². The Bertz CT molecular complexity index is 1290. The van der Waals surface area contributed by atoms with Crippen molar-refractivity contribution in [1.82, 2.24) is 15.2 Å². The number of pyridine rings is 1. The van der Waals surface area contributed by atoms with Crippen LogP contribution in [0.5, 0.6) is 11.5 Å². The number of aromatic nitrogens is 3. The molecule has 0 aliphatic heterocycles. The van der Waals surface area contributed by atoms with E-state index in [1.54, 1.807) is 37.7 Å². The van der Waals surface area contributed by atoms with Crippen LogP contribution in [0.2, 0.25) is 10.0 Å². The monoisotopic (exact) mass is 469 g/mol. The molecule has 0 amide bonds. The molecule has 9 heteroatoms. The van der Waals surface area contributed by atoms with Crippen molar-refractivity contribution in [2.24, 2.45) is 0 Å². The molecule has 0 radical (unpaired) electrons. The summed E-state index contributed by atoms with van der Waals surface area (Å²) in [5, 5.41) is 20.4. The molecule has 0 saturated heterocycles. The molecule has 0 bridgehead atoms. The molecular weight excluding hydrogens is 453 g/mol. The highest BCUT2D eigenvalue weighted by Crippen LogP contribution is 2.34. The number of fused-ring (bicyclic) bond motifs is 1. The van der Waals surface area contributed by atoms with Gasteiger partial charge in [-0.25, -0.2) is 4.79 Å². The zero-order chi connectivity index (χ0) is 22.7. The first-order chi connectivity index (χ1) is 15.5. The van der Waals surface area contributed by atoms with Crippen LogP contribution in [0.25, 0.3) is 22.0 Å². The van der Waals surface area contributed by atoms with E-state index in [0.29, 0.717) is 44.9 Å². The smallest absolute Gasteiger partial charge is 0.341 e. The summed E-state index contributed by atoms with van der Waals surface area (Å²) in [6, 6.07) is 12.7. The van der Waals surface area contributed by atoms with Crippen molar-refractivity contribution in [3.63, 3.8) is 0 Å². The second kappa shape index (κ2) is 9.38. The first kappa shape index (κ1) is 21.8. The van der Waals surface area contributed by atoms with Crippen molar-refractivity contribution in [3.05, 3.63) is 76.2 Å². The molecule has 4 aromatic rings. The number of carboxylic acids is 1. The van der Waals surface area contributed by atoms with Gasteiger partial charge in [-0.05, 0) is 35.9 Å². The summed E-state index contributed by atoms with van der Waals surface area (Å²) in [4.78, 5) is 14.8. The second-order valence-electron chi connectivity index (χ2n) is 6.88. The zero-order valence-electron chi connectivity index (χ0n) is 16.9. The molecule has 0 fully saturated rings. The second-order valence-corrected chi connectivity index (χ2v) is 7.69. The molecule has 0 saturated carbocycles. The van der Waals surface area contributed by atoms with Gasteiger partial charge in [-0.2, -0.15) is 5.10 Å². The fourth-order valence-electron chi connectivity index (χ4n) is 3.31. The molecule has 7 nitrogen and oxygen atoms in total. The van der Waals surface area contributed by atoms with Crippen molar-refractivity contribution in [2.45, 2.75) is 6.42 Å². The van der Waals surface area contributed by atoms with Crippen LogP contribution in [-0.4, -0.2) is 40.0 Å². The molecule has 162 valence electrons. The van der Waals surface area contributed by atoms with Crippen LogP contribution in [-0.2, 0) is 11.2 Å². The number of rotatable bonds is 7. The fourth-order valence-corrected chi connectivity index (χ4v) is 3.81. The van der Waals surface area contributed by atoms with Crippen molar-refractivity contribution in [1.29, 1.82) is 0 Å². The summed E-state index contributed by atoms with van der Waals surface area (Å²) in [7, 11) is 1.59. The predicted octanol–water partition coefficient (Wildman–Crippen LogP) is 5.06. The van der Waals surface area contributed by atoms with Gasteiger partial charge in [0, 0.05) is 35.2 Å². The quantitative estimate of drug-likeness (QED) is 0.403. The van der Waals surface area contributed by atoms with Crippen molar-refractivity contribution in [2.75, 3.05) is 13.7 Å². The van der Waals surface area contributed by atoms with Crippen LogP contribution in [0, 0.1) is 0 Å². The number of halogens is 2. The Labute approximate surface area is 193 Å². The van der Waals surface area contributed by atoms with E-state index in [0.717, 1.165) is 16.3 Å². The SMILES string of the molecule is COc1ccc2c(Cc3c(Cl)cncc3Cl)nnc(-c3cccc(OCC(=O)O)c3)c2c1. The van der Waals surface area contributed by atoms with E-state index in [4.69, 9.17) is 37.8 Å². The minimum Gasteiger partial charge on any atom is -0.497 e. The number of carboxylic acid groups (broad SMARTS) is 1. The van der Waals surface area contributed by atoms with E-state index >= 15 is 0 Å². The molecule has 2 aromatic carbocycles. The molecule has 0 unspecified atom stereocenters. The van der Waals surface area contributed by atoms with Gasteiger partial charge in [-0.15, -0.1) is 5.10 Å². The summed E-state index contributed by atoms with van der Waals surface area (Å²) in [5.41, 5.74) is 2.74. The summed E-state index contributed by atoms with van der Waals surface area (Å²) < 4.78 is 10.7. The van der Waals surface area contributed by atoms with Gasteiger partial charge in [-0.3, -0.25) is 4.98 Å². The van der Waals surface area contributed by atoms with Gasteiger partial charge in [0.2, 0.25) is 0 Å². The molecule has 2 aromatic heterocycles. The van der Waals surface area contributed by atoms with E-state index in [-0.39, 0.29) is 0 Å². The van der Waals surface area contributed by atoms with Gasteiger partial charge in [0.1, 0.15) is 17.2 Å². The lowest BCUT2D eigenvalue weighted by Gasteiger charge is -2.13. The largest absolute Gasteiger partial charge is 0.497 e. The van der Waals surface area contributed by atoms with E-state index < -0.39 is 12.6 Å². The first-order valence-electron chi connectivity index (χ1n) is 9.52. The summed E-state index contributed by atoms with van der Waals surface area (Å²) in [6.45, 7) is -0.434. The van der Waals surface area contributed by atoms with Gasteiger partial charge in [0.05, 0.1) is 22.8 Å². The van der Waals surface area contributed by atoms with Crippen LogP contribution < -0.4 is 9.47 Å². The number of benzene rings is 2. The van der Waals surface area contributed by atoms with Crippen LogP contribution in [0.4, 0.5) is 0 Å². The highest BCUT2D eigenvalue weighted by Gasteiger charge is 2.16. The van der Waals surface area contributed by atoms with E-state index in [1.807, 2.05) is 24.3 Å². The first-order valence-corrected chi connectivity index (χ1v) is 10.3. The molecule has 1 N–H and O–H groups in total. The number of nitrogens with zero attached hydrogens (tertiary/aromatic N) is 3. The Hall–Kier alpha value is -3.42. The number of methoxy groups -OCH3 is 1. The molecule has 2 heterocycles. The lowest BCUT2D eigenvalue weighted by atomic mass is 10.00. The lowest BCUT2D eigenvalue weighted by molar-refractivity contribution is -0.139. The predicted molar refractivity (Wildman–Crippen MR) is 122 cm³/mol. The number of hydrogen-bond donors (Lipinski definition) is 1. The van der Waals surface area contributed by atoms with Crippen LogP contribution in [0.1, 0.15) is 11.3 Å². The van der Waals surface area contributed by atoms with Gasteiger partial charge in [0.25, 0.3) is 0 Å². The Morgan fingerprint density at radius 1 is 1.00 bits per heavy atom. The minimum atomic E-state index is -1.05. The highest BCUT2D eigenvalue weighted by molar-refractivity contribution is 6.35. The summed E-state index contributed by atoms with van der Waals surface area (Å²) in [5.74, 6) is 0.0290. The third-order valence-electron chi connectivity index (χ3n) is 4.83. The Morgan fingerprint density at radius 3 is 2.50 bits per heavy atom. The number of aliphatic carboxylic acids is 1. The molecule has 4 rings (SSSR count). The Balaban J connectivity index is 1.82. The lowest BCUT2D eigenvalue weighted by Crippen LogP contribution is -2.09. The van der Waals surface area contributed by atoms with Crippen LogP contribution in [0.3, 0.4) is 0 Å². The van der Waals surface area contributed by atoms with Crippen LogP contribution in [0.15, 0.2) is 54.9 Å². The molecular formula is C23H17Cl2N3O4. The topological polar surface area (TPSA) is 94.4 Å². The maximum absolute atomic E-state index is 10.8. The molecule has 0 spiro atoms. The van der Waals surface area contributed by atoms with Crippen molar-refractivity contribution < 1.29 is 19.4 Å². The number of ether oxygens (including phenoxy) is 2. The molecule has 0 atom stereocenters. The summed E-state index contributed by atoms with van der Waals surface area (Å²) >= 11 is 12.6. The van der Waals surface area contributed by atoms with E-state index in [9.17, 15) is 4.79 Å². The average Bonchev–Trinajstić information content (AvgIpc) is 2.80. The summed E-state index contributed by atoms with van der Waals surface area (Å²) in [6.07, 6.45) is 3.45. The third kappa shape index (κ3) is 4.59. The minimum absolute atomic E-state index is 0.373. The highest BCUT2D eigenvalue weighted by atomic mass is 35.5. The van der Waals surface area contributed by atoms with Crippen LogP contribution >= 0.6 is 23.2 Å². The van der Waals surface area contributed by atoms with Gasteiger partial charge in [0.15, 0.2) is 6.61 Å². The average molecular weight is 470 g/mol. The van der Waals surface area contributed by atoms with E-state index in [1.165, 1.54) is 0 Å². The van der Waals surface area contributed by atoms with Gasteiger partial charge < -0.3 is 14.6 Å². The Kier molecular flexibility index (Phi) is 6.39. The standard InChI is InChI=1S/C23H17Cl2N3O4/c1-31-14-5-6-16-17(8-14)23(13-3-2-4-15(7-13)32-12-22(29)30)28-27-21(16)9-18-19(24)10-26-11-20(18)25/h2-8,10-11H,9,12H2,1H3,(H,29,30). The normalized spacial score (nSPS) is 10.8. The Morgan fingerprint density at radius 2 is 1.78 bits per heavy atom. The maximum Gasteiger partial charge on any atom is 0.341 e. The molecule has 32 heavy (non-hydrogen) atoms. The van der Waals surface area contributed by atoms with Crippen molar-refractivity contribution in [3.8, 4) is 22.8 Å². The van der Waals surface area contributed by atoms with Crippen molar-refractivity contribution >= 4 is 39.9 Å². The maximum atomic E-state index is 10.8. The van der Waals surface area contributed by atoms with Gasteiger partial charge in [-0.1, -0.05) is 35.3 Å². The molecule has 0 aliphatic rings. The van der Waals surface area contributed by atoms with Gasteiger partial charge >= 0.3 is 5.97 Å². The third-order valence-corrected chi connectivity index (χ3v) is 5.48. The zero-order valence-corrected chi connectivity index (χ0v) is 18.4.